The minimum atomic E-state index is 0.275. The maximum Gasteiger partial charge on any atom is 0.0443 e. The van der Waals surface area contributed by atoms with Crippen LogP contribution in [0.1, 0.15) is 12.0 Å². The van der Waals surface area contributed by atoms with Crippen LogP contribution < -0.4 is 0 Å². The van der Waals surface area contributed by atoms with E-state index >= 15 is 0 Å². The molecule has 1 aromatic heterocycles. The largest absolute Gasteiger partial charge is 0.396 e. The summed E-state index contributed by atoms with van der Waals surface area (Å²) in [7, 11) is 2.06. The van der Waals surface area contributed by atoms with Crippen LogP contribution in [0.4, 0.5) is 0 Å². The fourth-order valence-electron chi connectivity index (χ4n) is 1.19. The molecule has 2 N–H and O–H groups in total. The van der Waals surface area contributed by atoms with Gasteiger partial charge in [0, 0.05) is 32.1 Å². The van der Waals surface area contributed by atoms with Gasteiger partial charge in [-0.2, -0.15) is 0 Å². The highest BCUT2D eigenvalue weighted by molar-refractivity contribution is 5.07. The van der Waals surface area contributed by atoms with E-state index in [0.717, 1.165) is 19.5 Å². The molecule has 0 radical (unpaired) electrons. The number of nitrogens with zero attached hydrogens (tertiary/aromatic N) is 1. The Kier molecular flexibility index (Phi) is 3.84. The zero-order valence-electron chi connectivity index (χ0n) is 7.45. The van der Waals surface area contributed by atoms with Gasteiger partial charge in [0.1, 0.15) is 0 Å². The van der Waals surface area contributed by atoms with Gasteiger partial charge in [-0.3, -0.25) is 0 Å². The Morgan fingerprint density at radius 2 is 2.42 bits per heavy atom. The van der Waals surface area contributed by atoms with Gasteiger partial charge < -0.3 is 15.0 Å². The van der Waals surface area contributed by atoms with Crippen molar-refractivity contribution in [2.75, 3.05) is 20.2 Å². The summed E-state index contributed by atoms with van der Waals surface area (Å²) in [5.74, 6) is 0. The molecule has 0 aromatic carbocycles. The Balaban J connectivity index is 2.22. The molecule has 0 aliphatic heterocycles. The number of rotatable bonds is 5. The highest BCUT2D eigenvalue weighted by Crippen LogP contribution is 2.01. The third kappa shape index (κ3) is 3.07. The van der Waals surface area contributed by atoms with Crippen LogP contribution >= 0.6 is 0 Å². The number of aromatic nitrogens is 1. The van der Waals surface area contributed by atoms with Crippen LogP contribution in [0.15, 0.2) is 18.5 Å². The molecule has 3 heteroatoms. The lowest BCUT2D eigenvalue weighted by Gasteiger charge is -2.14. The molecule has 1 aromatic rings. The smallest absolute Gasteiger partial charge is 0.0443 e. The van der Waals surface area contributed by atoms with Gasteiger partial charge >= 0.3 is 0 Å². The van der Waals surface area contributed by atoms with Crippen molar-refractivity contribution in [3.05, 3.63) is 24.0 Å². The van der Waals surface area contributed by atoms with Crippen LogP contribution in [0.25, 0.3) is 0 Å². The topological polar surface area (TPSA) is 39.3 Å². The molecule has 0 atom stereocenters. The average molecular weight is 168 g/mol. The van der Waals surface area contributed by atoms with Crippen LogP contribution in [-0.2, 0) is 6.54 Å². The summed E-state index contributed by atoms with van der Waals surface area (Å²) in [4.78, 5) is 5.21. The molecule has 12 heavy (non-hydrogen) atoms. The number of aliphatic hydroxyl groups is 1. The Morgan fingerprint density at radius 1 is 1.58 bits per heavy atom. The molecule has 0 saturated carbocycles. The molecule has 1 rings (SSSR count). The Hall–Kier alpha value is -0.800. The number of aromatic amines is 1. The van der Waals surface area contributed by atoms with Gasteiger partial charge in [0.05, 0.1) is 0 Å². The normalized spacial score (nSPS) is 10.9. The van der Waals surface area contributed by atoms with Crippen molar-refractivity contribution < 1.29 is 5.11 Å². The molecule has 0 spiro atoms. The molecule has 3 nitrogen and oxygen atoms in total. The molecule has 0 saturated heterocycles. The summed E-state index contributed by atoms with van der Waals surface area (Å²) in [5.41, 5.74) is 1.29. The van der Waals surface area contributed by atoms with Crippen LogP contribution in [0, 0.1) is 0 Å². The first-order chi connectivity index (χ1) is 5.83. The van der Waals surface area contributed by atoms with E-state index in [1.807, 2.05) is 12.4 Å². The zero-order valence-corrected chi connectivity index (χ0v) is 7.45. The van der Waals surface area contributed by atoms with E-state index in [1.54, 1.807) is 0 Å². The first-order valence-electron chi connectivity index (χ1n) is 4.24. The molecule has 0 fully saturated rings. The molecule has 0 amide bonds. The van der Waals surface area contributed by atoms with Crippen molar-refractivity contribution >= 4 is 0 Å². The number of H-pyrrole nitrogens is 1. The Labute approximate surface area is 73.0 Å². The highest BCUT2D eigenvalue weighted by atomic mass is 16.3. The third-order valence-electron chi connectivity index (χ3n) is 1.81. The summed E-state index contributed by atoms with van der Waals surface area (Å²) in [6.07, 6.45) is 4.77. The first-order valence-corrected chi connectivity index (χ1v) is 4.24. The number of hydrogen-bond donors (Lipinski definition) is 2. The predicted molar refractivity (Wildman–Crippen MR) is 48.8 cm³/mol. The fourth-order valence-corrected chi connectivity index (χ4v) is 1.19. The van der Waals surface area contributed by atoms with Crippen LogP contribution in [0.5, 0.6) is 0 Å². The van der Waals surface area contributed by atoms with E-state index in [0.29, 0.717) is 0 Å². The molecular weight excluding hydrogens is 152 g/mol. The van der Waals surface area contributed by atoms with Crippen LogP contribution in [0.3, 0.4) is 0 Å². The van der Waals surface area contributed by atoms with Gasteiger partial charge in [-0.05, 0) is 25.1 Å². The minimum absolute atomic E-state index is 0.275. The quantitative estimate of drug-likeness (QED) is 0.683. The molecular formula is C9H16N2O. The van der Waals surface area contributed by atoms with Gasteiger partial charge in [-0.15, -0.1) is 0 Å². The van der Waals surface area contributed by atoms with E-state index in [-0.39, 0.29) is 6.61 Å². The van der Waals surface area contributed by atoms with Gasteiger partial charge in [-0.25, -0.2) is 0 Å². The molecule has 0 aliphatic carbocycles. The SMILES string of the molecule is CN(CCCO)Cc1cc[nH]c1. The van der Waals surface area contributed by atoms with Crippen molar-refractivity contribution in [1.82, 2.24) is 9.88 Å². The third-order valence-corrected chi connectivity index (χ3v) is 1.81. The summed E-state index contributed by atoms with van der Waals surface area (Å²) in [6.45, 7) is 2.17. The van der Waals surface area contributed by atoms with Crippen molar-refractivity contribution in [3.63, 3.8) is 0 Å². The van der Waals surface area contributed by atoms with Crippen LogP contribution in [-0.4, -0.2) is 35.2 Å². The zero-order chi connectivity index (χ0) is 8.81. The van der Waals surface area contributed by atoms with E-state index in [4.69, 9.17) is 5.11 Å². The van der Waals surface area contributed by atoms with Crippen molar-refractivity contribution in [2.45, 2.75) is 13.0 Å². The minimum Gasteiger partial charge on any atom is -0.396 e. The van der Waals surface area contributed by atoms with Gasteiger partial charge in [0.25, 0.3) is 0 Å². The second-order valence-corrected chi connectivity index (χ2v) is 3.03. The Morgan fingerprint density at radius 3 is 3.00 bits per heavy atom. The molecule has 0 aliphatic rings. The summed E-state index contributed by atoms with van der Waals surface area (Å²) < 4.78 is 0. The van der Waals surface area contributed by atoms with E-state index in [1.165, 1.54) is 5.56 Å². The maximum absolute atomic E-state index is 8.61. The number of nitrogens with one attached hydrogen (secondary N) is 1. The lowest BCUT2D eigenvalue weighted by atomic mass is 10.3. The van der Waals surface area contributed by atoms with E-state index in [2.05, 4.69) is 23.0 Å². The molecule has 0 bridgehead atoms. The van der Waals surface area contributed by atoms with E-state index in [9.17, 15) is 0 Å². The lowest BCUT2D eigenvalue weighted by molar-refractivity contribution is 0.244. The fraction of sp³-hybridized carbons (Fsp3) is 0.556. The van der Waals surface area contributed by atoms with Crippen molar-refractivity contribution in [2.24, 2.45) is 0 Å². The maximum atomic E-state index is 8.61. The summed E-state index contributed by atoms with van der Waals surface area (Å²) >= 11 is 0. The molecule has 0 unspecified atom stereocenters. The van der Waals surface area contributed by atoms with E-state index < -0.39 is 0 Å². The average Bonchev–Trinajstić information content (AvgIpc) is 2.53. The standard InChI is InChI=1S/C9H16N2O/c1-11(5-2-6-12)8-9-3-4-10-7-9/h3-4,7,10,12H,2,5-6,8H2,1H3. The van der Waals surface area contributed by atoms with Gasteiger partial charge in [0.2, 0.25) is 0 Å². The van der Waals surface area contributed by atoms with Crippen LogP contribution in [0.2, 0.25) is 0 Å². The molecule has 68 valence electrons. The van der Waals surface area contributed by atoms with Gasteiger partial charge in [-0.1, -0.05) is 0 Å². The van der Waals surface area contributed by atoms with Gasteiger partial charge in [0.15, 0.2) is 0 Å². The summed E-state index contributed by atoms with van der Waals surface area (Å²) in [6, 6.07) is 2.06. The number of aliphatic hydroxyl groups excluding tert-OH is 1. The second-order valence-electron chi connectivity index (χ2n) is 3.03. The van der Waals surface area contributed by atoms with Crippen molar-refractivity contribution in [1.29, 1.82) is 0 Å². The predicted octanol–water partition coefficient (Wildman–Crippen LogP) is 0.829. The van der Waals surface area contributed by atoms with Crippen molar-refractivity contribution in [3.8, 4) is 0 Å². The first kappa shape index (κ1) is 9.29. The second kappa shape index (κ2) is 4.95. The summed E-state index contributed by atoms with van der Waals surface area (Å²) in [5, 5.41) is 8.61. The lowest BCUT2D eigenvalue weighted by Crippen LogP contribution is -2.19. The molecule has 1 heterocycles. The highest BCUT2D eigenvalue weighted by Gasteiger charge is 1.98. The number of hydrogen-bond acceptors (Lipinski definition) is 2. The Bertz CT molecular complexity index is 196. The monoisotopic (exact) mass is 168 g/mol.